The summed E-state index contributed by atoms with van der Waals surface area (Å²) in [7, 11) is 1.41. The highest BCUT2D eigenvalue weighted by Crippen LogP contribution is 2.27. The first-order valence-corrected chi connectivity index (χ1v) is 15.0. The molecule has 0 aliphatic carbocycles. The lowest BCUT2D eigenvalue weighted by molar-refractivity contribution is -0.215. The zero-order valence-corrected chi connectivity index (χ0v) is 26.8. The number of amides is 3. The van der Waals surface area contributed by atoms with Crippen molar-refractivity contribution in [2.75, 3.05) is 13.7 Å². The van der Waals surface area contributed by atoms with Crippen LogP contribution in [0.25, 0.3) is 0 Å². The van der Waals surface area contributed by atoms with Crippen LogP contribution in [0.4, 0.5) is 13.2 Å². The van der Waals surface area contributed by atoms with Crippen LogP contribution >= 0.6 is 11.6 Å². The molecule has 15 heteroatoms. The van der Waals surface area contributed by atoms with Crippen molar-refractivity contribution in [1.29, 1.82) is 0 Å². The third kappa shape index (κ3) is 10.9. The fraction of sp³-hybridized carbons (Fsp3) is 0.333. The summed E-state index contributed by atoms with van der Waals surface area (Å²) in [5.74, 6) is -4.06. The van der Waals surface area contributed by atoms with Crippen molar-refractivity contribution >= 4 is 35.3 Å². The molecule has 258 valence electrons. The van der Waals surface area contributed by atoms with Gasteiger partial charge in [-0.2, -0.15) is 13.2 Å². The van der Waals surface area contributed by atoms with Gasteiger partial charge in [-0.05, 0) is 65.6 Å². The van der Waals surface area contributed by atoms with E-state index in [1.807, 2.05) is 0 Å². The molecular formula is C33H35ClF3N3O8. The molecule has 0 fully saturated rings. The number of benzene rings is 3. The Bertz CT molecular complexity index is 1570. The van der Waals surface area contributed by atoms with Crippen LogP contribution in [0, 0.1) is 5.92 Å². The van der Waals surface area contributed by atoms with Crippen molar-refractivity contribution in [2.45, 2.75) is 50.7 Å². The van der Waals surface area contributed by atoms with Gasteiger partial charge in [-0.25, -0.2) is 4.79 Å². The number of carbonyl (C=O) groups is 4. The van der Waals surface area contributed by atoms with E-state index < -0.39 is 66.6 Å². The van der Waals surface area contributed by atoms with Crippen molar-refractivity contribution in [1.82, 2.24) is 16.0 Å². The van der Waals surface area contributed by atoms with Gasteiger partial charge in [-0.3, -0.25) is 14.4 Å². The van der Waals surface area contributed by atoms with Crippen LogP contribution in [0.5, 0.6) is 11.5 Å². The number of hydrogen-bond acceptors (Lipinski definition) is 7. The number of nitrogens with one attached hydrogen (secondary N) is 3. The fourth-order valence-corrected chi connectivity index (χ4v) is 4.81. The number of alkyl halides is 3. The summed E-state index contributed by atoms with van der Waals surface area (Å²) in [5, 5.41) is 26.5. The number of carboxylic acid groups (broad SMARTS) is 1. The second kappa shape index (κ2) is 16.8. The molecule has 0 bridgehead atoms. The SMILES string of the molecule is COc1ccc(C(NC(=O)C(Cc2cccc(Cl)c2)NC(=O)c2ccc(OCC(=O)O)cc2)C(=O)NC(C(C)C)C(O)C(F)(F)F)cc1. The van der Waals surface area contributed by atoms with Crippen molar-refractivity contribution in [2.24, 2.45) is 5.92 Å². The molecular weight excluding hydrogens is 659 g/mol. The zero-order valence-electron chi connectivity index (χ0n) is 26.1. The maximum absolute atomic E-state index is 13.9. The minimum atomic E-state index is -5.03. The lowest BCUT2D eigenvalue weighted by Crippen LogP contribution is -2.56. The largest absolute Gasteiger partial charge is 0.497 e. The Morgan fingerprint density at radius 3 is 2.04 bits per heavy atom. The molecule has 11 nitrogen and oxygen atoms in total. The quantitative estimate of drug-likeness (QED) is 0.159. The van der Waals surface area contributed by atoms with Crippen molar-refractivity contribution in [3.8, 4) is 11.5 Å². The highest BCUT2D eigenvalue weighted by Gasteiger charge is 2.46. The van der Waals surface area contributed by atoms with Gasteiger partial charge in [-0.1, -0.05) is 49.7 Å². The molecule has 48 heavy (non-hydrogen) atoms. The van der Waals surface area contributed by atoms with E-state index in [9.17, 15) is 37.5 Å². The summed E-state index contributed by atoms with van der Waals surface area (Å²) in [6.07, 6.45) is -8.02. The molecule has 0 aliphatic rings. The average Bonchev–Trinajstić information content (AvgIpc) is 3.04. The van der Waals surface area contributed by atoms with Crippen LogP contribution < -0.4 is 25.4 Å². The van der Waals surface area contributed by atoms with Crippen LogP contribution in [-0.2, 0) is 20.8 Å². The van der Waals surface area contributed by atoms with E-state index in [1.54, 1.807) is 24.3 Å². The molecule has 3 amide bonds. The second-order valence-corrected chi connectivity index (χ2v) is 11.5. The molecule has 0 heterocycles. The van der Waals surface area contributed by atoms with Gasteiger partial charge in [0.25, 0.3) is 5.91 Å². The first-order chi connectivity index (χ1) is 22.6. The summed E-state index contributed by atoms with van der Waals surface area (Å²) < 4.78 is 50.6. The molecule has 3 rings (SSSR count). The van der Waals surface area contributed by atoms with Crippen LogP contribution in [-0.4, -0.2) is 72.0 Å². The normalized spacial score (nSPS) is 13.9. The number of aliphatic hydroxyl groups is 1. The maximum Gasteiger partial charge on any atom is 0.416 e. The van der Waals surface area contributed by atoms with Crippen molar-refractivity contribution < 1.29 is 52.0 Å². The summed E-state index contributed by atoms with van der Waals surface area (Å²) in [5.41, 5.74) is 0.807. The van der Waals surface area contributed by atoms with Crippen LogP contribution in [0.3, 0.4) is 0 Å². The topological polar surface area (TPSA) is 163 Å². The van der Waals surface area contributed by atoms with Crippen LogP contribution in [0.2, 0.25) is 5.02 Å². The monoisotopic (exact) mass is 693 g/mol. The minimum Gasteiger partial charge on any atom is -0.497 e. The Kier molecular flexibility index (Phi) is 13.2. The van der Waals surface area contributed by atoms with Gasteiger partial charge in [0.2, 0.25) is 11.8 Å². The first-order valence-electron chi connectivity index (χ1n) is 14.6. The predicted molar refractivity (Wildman–Crippen MR) is 169 cm³/mol. The molecule has 0 aromatic heterocycles. The first kappa shape index (κ1) is 37.6. The number of carboxylic acids is 1. The summed E-state index contributed by atoms with van der Waals surface area (Å²) >= 11 is 6.13. The minimum absolute atomic E-state index is 0.0898. The van der Waals surface area contributed by atoms with Gasteiger partial charge in [0.1, 0.15) is 23.6 Å². The van der Waals surface area contributed by atoms with Crippen LogP contribution in [0.15, 0.2) is 72.8 Å². The van der Waals surface area contributed by atoms with E-state index in [0.29, 0.717) is 16.3 Å². The summed E-state index contributed by atoms with van der Waals surface area (Å²) in [6, 6.07) is 13.1. The van der Waals surface area contributed by atoms with Crippen molar-refractivity contribution in [3.63, 3.8) is 0 Å². The number of carbonyl (C=O) groups excluding carboxylic acids is 3. The number of ether oxygens (including phenoxy) is 2. The molecule has 0 saturated carbocycles. The lowest BCUT2D eigenvalue weighted by atomic mass is 9.96. The number of methoxy groups -OCH3 is 1. The van der Waals surface area contributed by atoms with E-state index in [-0.39, 0.29) is 23.3 Å². The Balaban J connectivity index is 1.94. The van der Waals surface area contributed by atoms with Crippen molar-refractivity contribution in [3.05, 3.63) is 94.5 Å². The molecule has 0 radical (unpaired) electrons. The zero-order chi connectivity index (χ0) is 35.6. The highest BCUT2D eigenvalue weighted by molar-refractivity contribution is 6.30. The van der Waals surface area contributed by atoms with Gasteiger partial charge in [-0.15, -0.1) is 0 Å². The Morgan fingerprint density at radius 2 is 1.50 bits per heavy atom. The molecule has 0 saturated heterocycles. The van der Waals surface area contributed by atoms with E-state index in [0.717, 1.165) is 0 Å². The van der Waals surface area contributed by atoms with E-state index in [4.69, 9.17) is 26.2 Å². The summed E-state index contributed by atoms with van der Waals surface area (Å²) in [4.78, 5) is 51.5. The number of aliphatic hydroxyl groups excluding tert-OH is 1. The standard InChI is InChI=1S/C33H35ClF3N3O8/c1-18(2)27(29(43)33(35,36)37)39-32(46)28(20-7-11-23(47-3)12-8-20)40-31(45)25(16-19-5-4-6-22(34)15-19)38-30(44)21-9-13-24(14-10-21)48-17-26(41)42/h4-15,18,25,27-29,43H,16-17H2,1-3H3,(H,38,44)(H,39,46)(H,40,45)(H,41,42). The summed E-state index contributed by atoms with van der Waals surface area (Å²) in [6.45, 7) is 2.19. The lowest BCUT2D eigenvalue weighted by Gasteiger charge is -2.31. The third-order valence-electron chi connectivity index (χ3n) is 7.13. The Morgan fingerprint density at radius 1 is 0.875 bits per heavy atom. The number of rotatable bonds is 15. The third-order valence-corrected chi connectivity index (χ3v) is 7.37. The van der Waals surface area contributed by atoms with Gasteiger partial charge < -0.3 is 35.6 Å². The Hall–Kier alpha value is -4.82. The van der Waals surface area contributed by atoms with E-state index in [1.165, 1.54) is 69.5 Å². The van der Waals surface area contributed by atoms with E-state index >= 15 is 0 Å². The number of halogens is 4. The smallest absolute Gasteiger partial charge is 0.416 e. The molecule has 0 aliphatic heterocycles. The van der Waals surface area contributed by atoms with Crippen LogP contribution in [0.1, 0.15) is 41.4 Å². The number of hydrogen-bond donors (Lipinski definition) is 5. The van der Waals surface area contributed by atoms with Gasteiger partial charge in [0, 0.05) is 17.0 Å². The molecule has 4 unspecified atom stereocenters. The fourth-order valence-electron chi connectivity index (χ4n) is 4.60. The van der Waals surface area contributed by atoms with Gasteiger partial charge in [0.05, 0.1) is 13.2 Å². The molecule has 0 spiro atoms. The molecule has 5 N–H and O–H groups in total. The predicted octanol–water partition coefficient (Wildman–Crippen LogP) is 4.07. The van der Waals surface area contributed by atoms with Gasteiger partial charge >= 0.3 is 12.1 Å². The molecule has 3 aromatic rings. The number of aliphatic carboxylic acids is 1. The van der Waals surface area contributed by atoms with Gasteiger partial charge in [0.15, 0.2) is 12.7 Å². The maximum atomic E-state index is 13.9. The second-order valence-electron chi connectivity index (χ2n) is 11.0. The highest BCUT2D eigenvalue weighted by atomic mass is 35.5. The van der Waals surface area contributed by atoms with E-state index in [2.05, 4.69) is 16.0 Å². The molecule has 3 aromatic carbocycles. The Labute approximate surface area is 279 Å². The average molecular weight is 694 g/mol. The molecule has 4 atom stereocenters.